The Morgan fingerprint density at radius 2 is 1.91 bits per heavy atom. The Morgan fingerprint density at radius 1 is 1.36 bits per heavy atom. The zero-order valence-corrected chi connectivity index (χ0v) is 7.70. The smallest absolute Gasteiger partial charge is 0.283 e. The maximum Gasteiger partial charge on any atom is 0.283 e. The summed E-state index contributed by atoms with van der Waals surface area (Å²) in [6.45, 7) is 1.41. The Balaban J connectivity index is 2.36. The maximum atomic E-state index is 10.6. The summed E-state index contributed by atoms with van der Waals surface area (Å²) in [6.07, 6.45) is 3.17. The lowest BCUT2D eigenvalue weighted by Gasteiger charge is -2.23. The fraction of sp³-hybridized carbons (Fsp3) is 1.00. The largest absolute Gasteiger partial charge is 0.284 e. The first-order chi connectivity index (χ1) is 5.08. The quantitative estimate of drug-likeness (QED) is 0.700. The number of nitrogens with zero attached hydrogens (tertiary/aromatic N) is 1. The van der Waals surface area contributed by atoms with E-state index in [4.69, 9.17) is 4.55 Å². The molecule has 0 spiro atoms. The monoisotopic (exact) mass is 197 g/mol. The maximum absolute atomic E-state index is 10.6. The van der Waals surface area contributed by atoms with Crippen LogP contribution in [0.2, 0.25) is 0 Å². The van der Waals surface area contributed by atoms with Crippen LogP contribution >= 0.6 is 0 Å². The molecule has 1 atom stereocenters. The highest BCUT2D eigenvalue weighted by atomic mass is 32.9. The average Bonchev–Trinajstić information content (AvgIpc) is 1.85. The highest BCUT2D eigenvalue weighted by molar-refractivity contribution is 8.27. The van der Waals surface area contributed by atoms with Crippen molar-refractivity contribution in [3.63, 3.8) is 0 Å². The molecule has 1 aliphatic rings. The summed E-state index contributed by atoms with van der Waals surface area (Å²) in [5.74, 6) is 0. The molecule has 0 aromatic rings. The minimum atomic E-state index is -3.46. The molecule has 6 heteroatoms. The fourth-order valence-corrected chi connectivity index (χ4v) is 1.75. The Labute approximate surface area is 71.2 Å². The first-order valence-corrected chi connectivity index (χ1v) is 5.86. The van der Waals surface area contributed by atoms with Crippen molar-refractivity contribution in [1.82, 2.24) is 5.06 Å². The second-order valence-corrected chi connectivity index (χ2v) is 4.76. The molecule has 0 saturated carbocycles. The Kier molecular flexibility index (Phi) is 3.20. The number of piperidine rings is 1. The van der Waals surface area contributed by atoms with E-state index in [-0.39, 0.29) is 0 Å². The Bertz CT molecular complexity index is 208. The molecule has 1 N–H and O–H groups in total. The highest BCUT2D eigenvalue weighted by Crippen LogP contribution is 2.10. The molecule has 1 unspecified atom stereocenters. The SMILES string of the molecule is O=S(O)(=S)ON1CCCCC1. The molecule has 0 bridgehead atoms. The summed E-state index contributed by atoms with van der Waals surface area (Å²) in [6, 6.07) is 0. The second-order valence-electron chi connectivity index (χ2n) is 2.49. The van der Waals surface area contributed by atoms with E-state index in [2.05, 4.69) is 15.5 Å². The van der Waals surface area contributed by atoms with Crippen LogP contribution in [0.15, 0.2) is 0 Å². The Morgan fingerprint density at radius 3 is 2.36 bits per heavy atom. The summed E-state index contributed by atoms with van der Waals surface area (Å²) >= 11 is 4.19. The van der Waals surface area contributed by atoms with Crippen molar-refractivity contribution in [3.8, 4) is 0 Å². The Hall–Kier alpha value is 0.250. The standard InChI is InChI=1S/C5H11NO3S2/c7-11(8,10)9-6-4-2-1-3-5-6/h1-5H2,(H,7,8,10). The van der Waals surface area contributed by atoms with Crippen molar-refractivity contribution in [2.24, 2.45) is 0 Å². The van der Waals surface area contributed by atoms with Gasteiger partial charge in [0, 0.05) is 24.3 Å². The molecule has 1 saturated heterocycles. The first kappa shape index (κ1) is 9.34. The van der Waals surface area contributed by atoms with Gasteiger partial charge in [0.05, 0.1) is 0 Å². The summed E-state index contributed by atoms with van der Waals surface area (Å²) in [4.78, 5) is 0. The van der Waals surface area contributed by atoms with Crippen LogP contribution in [0, 0.1) is 0 Å². The van der Waals surface area contributed by atoms with Crippen molar-refractivity contribution in [2.75, 3.05) is 13.1 Å². The van der Waals surface area contributed by atoms with Crippen molar-refractivity contribution < 1.29 is 13.0 Å². The minimum Gasteiger partial charge on any atom is -0.284 e. The minimum absolute atomic E-state index is 0.703. The predicted octanol–water partition coefficient (Wildman–Crippen LogP) is 0.538. The van der Waals surface area contributed by atoms with E-state index in [1.807, 2.05) is 0 Å². The van der Waals surface area contributed by atoms with E-state index in [0.717, 1.165) is 19.3 Å². The van der Waals surface area contributed by atoms with Crippen molar-refractivity contribution in [2.45, 2.75) is 19.3 Å². The molecular formula is C5H11NO3S2. The van der Waals surface area contributed by atoms with Gasteiger partial charge in [0.1, 0.15) is 0 Å². The van der Waals surface area contributed by atoms with Crippen molar-refractivity contribution >= 4 is 20.2 Å². The van der Waals surface area contributed by atoms with E-state index in [9.17, 15) is 4.21 Å². The van der Waals surface area contributed by atoms with Crippen LogP contribution in [0.1, 0.15) is 19.3 Å². The number of rotatable bonds is 2. The summed E-state index contributed by atoms with van der Waals surface area (Å²) in [7, 11) is -3.46. The summed E-state index contributed by atoms with van der Waals surface area (Å²) in [5, 5.41) is 1.47. The van der Waals surface area contributed by atoms with Crippen molar-refractivity contribution in [1.29, 1.82) is 0 Å². The van der Waals surface area contributed by atoms with Gasteiger partial charge in [-0.2, -0.15) is 13.6 Å². The van der Waals surface area contributed by atoms with Gasteiger partial charge < -0.3 is 0 Å². The van der Waals surface area contributed by atoms with Crippen LogP contribution in [0.4, 0.5) is 0 Å². The molecule has 1 heterocycles. The molecule has 0 radical (unpaired) electrons. The second kappa shape index (κ2) is 3.77. The lowest BCUT2D eigenvalue weighted by Crippen LogP contribution is -2.31. The van der Waals surface area contributed by atoms with E-state index >= 15 is 0 Å². The van der Waals surface area contributed by atoms with Crippen LogP contribution in [-0.2, 0) is 24.5 Å². The molecule has 1 fully saturated rings. The van der Waals surface area contributed by atoms with Crippen LogP contribution in [0.5, 0.6) is 0 Å². The van der Waals surface area contributed by atoms with Gasteiger partial charge in [-0.15, -0.1) is 0 Å². The van der Waals surface area contributed by atoms with E-state index in [1.165, 1.54) is 5.06 Å². The van der Waals surface area contributed by atoms with Crippen molar-refractivity contribution in [3.05, 3.63) is 0 Å². The van der Waals surface area contributed by atoms with Gasteiger partial charge in [-0.1, -0.05) is 6.42 Å². The number of hydrogen-bond donors (Lipinski definition) is 1. The van der Waals surface area contributed by atoms with Gasteiger partial charge in [-0.25, -0.2) is 0 Å². The van der Waals surface area contributed by atoms with Gasteiger partial charge in [0.2, 0.25) is 0 Å². The third-order valence-corrected chi connectivity index (χ3v) is 2.10. The van der Waals surface area contributed by atoms with Gasteiger partial charge in [0.25, 0.3) is 9.05 Å². The van der Waals surface area contributed by atoms with Crippen LogP contribution in [0.25, 0.3) is 0 Å². The first-order valence-electron chi connectivity index (χ1n) is 3.50. The predicted molar refractivity (Wildman–Crippen MR) is 44.6 cm³/mol. The van der Waals surface area contributed by atoms with E-state index in [0.29, 0.717) is 13.1 Å². The van der Waals surface area contributed by atoms with E-state index in [1.54, 1.807) is 0 Å². The topological polar surface area (TPSA) is 49.8 Å². The lowest BCUT2D eigenvalue weighted by atomic mass is 10.2. The number of hydrogen-bond acceptors (Lipinski definition) is 4. The molecule has 4 nitrogen and oxygen atoms in total. The zero-order chi connectivity index (χ0) is 8.32. The van der Waals surface area contributed by atoms with Gasteiger partial charge in [0.15, 0.2) is 0 Å². The highest BCUT2D eigenvalue weighted by Gasteiger charge is 2.14. The molecular weight excluding hydrogens is 186 g/mol. The van der Waals surface area contributed by atoms with Crippen LogP contribution < -0.4 is 0 Å². The molecule has 0 aliphatic carbocycles. The summed E-state index contributed by atoms with van der Waals surface area (Å²) in [5.41, 5.74) is 0. The molecule has 1 rings (SSSR count). The van der Waals surface area contributed by atoms with Gasteiger partial charge >= 0.3 is 0 Å². The normalized spacial score (nSPS) is 26.3. The molecule has 0 amide bonds. The summed E-state index contributed by atoms with van der Waals surface area (Å²) < 4.78 is 23.8. The van der Waals surface area contributed by atoms with Gasteiger partial charge in [-0.3, -0.25) is 4.55 Å². The van der Waals surface area contributed by atoms with Crippen LogP contribution in [0.3, 0.4) is 0 Å². The molecule has 11 heavy (non-hydrogen) atoms. The third-order valence-electron chi connectivity index (χ3n) is 1.51. The lowest BCUT2D eigenvalue weighted by molar-refractivity contribution is -0.0674. The average molecular weight is 197 g/mol. The van der Waals surface area contributed by atoms with Crippen LogP contribution in [-0.4, -0.2) is 26.9 Å². The third kappa shape index (κ3) is 3.97. The molecule has 0 aromatic heterocycles. The number of hydroxylamine groups is 2. The molecule has 1 aliphatic heterocycles. The van der Waals surface area contributed by atoms with Gasteiger partial charge in [-0.05, 0) is 12.8 Å². The molecule has 0 aromatic carbocycles. The van der Waals surface area contributed by atoms with E-state index < -0.39 is 9.05 Å². The fourth-order valence-electron chi connectivity index (χ4n) is 1.07. The zero-order valence-electron chi connectivity index (χ0n) is 6.06. The molecule has 66 valence electrons.